The van der Waals surface area contributed by atoms with Gasteiger partial charge in [-0.2, -0.15) is 0 Å². The number of piperidine rings is 1. The summed E-state index contributed by atoms with van der Waals surface area (Å²) in [4.78, 5) is 10.2. The van der Waals surface area contributed by atoms with Gasteiger partial charge in [0, 0.05) is 30.7 Å². The van der Waals surface area contributed by atoms with E-state index in [1.54, 1.807) is 6.33 Å². The lowest BCUT2D eigenvalue weighted by Crippen LogP contribution is -2.44. The summed E-state index contributed by atoms with van der Waals surface area (Å²) in [5.41, 5.74) is 12.2. The van der Waals surface area contributed by atoms with Gasteiger partial charge < -0.3 is 4.98 Å². The normalized spacial score (nSPS) is 25.5. The number of nitrogens with zero attached hydrogens (tertiary/aromatic N) is 2. The highest BCUT2D eigenvalue weighted by Crippen LogP contribution is 2.32. The Morgan fingerprint density at radius 2 is 2.04 bits per heavy atom. The molecule has 5 nitrogen and oxygen atoms in total. The molecule has 134 valence electrons. The Hall–Kier alpha value is -1.69. The molecule has 4 rings (SSSR count). The lowest BCUT2D eigenvalue weighted by atomic mass is 9.80. The molecular formula is C20H29N5. The topological polar surface area (TPSA) is 56.0 Å². The number of aromatic nitrogens is 2. The van der Waals surface area contributed by atoms with Crippen molar-refractivity contribution >= 4 is 0 Å². The van der Waals surface area contributed by atoms with Crippen LogP contribution in [-0.4, -0.2) is 40.5 Å². The molecule has 0 spiro atoms. The van der Waals surface area contributed by atoms with Crippen LogP contribution in [0.5, 0.6) is 0 Å². The van der Waals surface area contributed by atoms with Crippen LogP contribution in [0.25, 0.3) is 0 Å². The molecule has 0 bridgehead atoms. The van der Waals surface area contributed by atoms with Crippen molar-refractivity contribution in [2.75, 3.05) is 19.6 Å². The van der Waals surface area contributed by atoms with Gasteiger partial charge in [0.05, 0.1) is 12.0 Å². The van der Waals surface area contributed by atoms with Crippen LogP contribution in [0.2, 0.25) is 0 Å². The lowest BCUT2D eigenvalue weighted by molar-refractivity contribution is 0.150. The van der Waals surface area contributed by atoms with E-state index in [0.717, 1.165) is 32.1 Å². The Balaban J connectivity index is 1.37. The molecule has 0 amide bonds. The number of aromatic amines is 1. The molecule has 0 aliphatic carbocycles. The standard InChI is InChI=1S/C20H29N5/c1-14-4-3-5-17(10-14)18-11-23-24-20(18)16-6-8-25(9-7-16)12-19-15(2)21-13-22-19/h3-5,10,13,16,18,20,23-24H,6-9,11-12H2,1-2H3,(H,21,22). The fraction of sp³-hybridized carbons (Fsp3) is 0.550. The first-order valence-corrected chi connectivity index (χ1v) is 9.47. The summed E-state index contributed by atoms with van der Waals surface area (Å²) < 4.78 is 0. The van der Waals surface area contributed by atoms with Gasteiger partial charge in [-0.15, -0.1) is 0 Å². The number of hydrogen-bond donors (Lipinski definition) is 3. The zero-order valence-corrected chi connectivity index (χ0v) is 15.3. The van der Waals surface area contributed by atoms with E-state index in [4.69, 9.17) is 0 Å². The Morgan fingerprint density at radius 3 is 2.76 bits per heavy atom. The summed E-state index contributed by atoms with van der Waals surface area (Å²) in [6.07, 6.45) is 4.31. The van der Waals surface area contributed by atoms with Gasteiger partial charge in [0.25, 0.3) is 0 Å². The molecule has 2 unspecified atom stereocenters. The minimum Gasteiger partial charge on any atom is -0.348 e. The monoisotopic (exact) mass is 339 g/mol. The minimum absolute atomic E-state index is 0.538. The number of H-pyrrole nitrogens is 1. The number of hydrazine groups is 1. The molecule has 2 aliphatic rings. The Labute approximate surface area is 150 Å². The molecule has 3 heterocycles. The molecule has 1 aromatic carbocycles. The summed E-state index contributed by atoms with van der Waals surface area (Å²) in [7, 11) is 0. The van der Waals surface area contributed by atoms with Crippen molar-refractivity contribution in [3.8, 4) is 0 Å². The number of rotatable bonds is 4. The predicted molar refractivity (Wildman–Crippen MR) is 100 cm³/mol. The van der Waals surface area contributed by atoms with E-state index >= 15 is 0 Å². The second kappa shape index (κ2) is 7.28. The van der Waals surface area contributed by atoms with Gasteiger partial charge in [-0.1, -0.05) is 29.8 Å². The highest BCUT2D eigenvalue weighted by Gasteiger charge is 2.36. The quantitative estimate of drug-likeness (QED) is 0.801. The minimum atomic E-state index is 0.538. The first-order chi connectivity index (χ1) is 12.2. The Morgan fingerprint density at radius 1 is 1.20 bits per heavy atom. The smallest absolute Gasteiger partial charge is 0.0925 e. The van der Waals surface area contributed by atoms with Crippen LogP contribution in [0.15, 0.2) is 30.6 Å². The van der Waals surface area contributed by atoms with Crippen molar-refractivity contribution in [2.24, 2.45) is 5.92 Å². The summed E-state index contributed by atoms with van der Waals surface area (Å²) >= 11 is 0. The summed E-state index contributed by atoms with van der Waals surface area (Å²) in [6.45, 7) is 8.62. The van der Waals surface area contributed by atoms with Gasteiger partial charge in [-0.3, -0.25) is 15.8 Å². The third-order valence-electron chi connectivity index (χ3n) is 5.94. The predicted octanol–water partition coefficient (Wildman–Crippen LogP) is 2.50. The Bertz CT molecular complexity index is 702. The lowest BCUT2D eigenvalue weighted by Gasteiger charge is -2.36. The molecule has 2 fully saturated rings. The van der Waals surface area contributed by atoms with Crippen LogP contribution >= 0.6 is 0 Å². The number of nitrogens with one attached hydrogen (secondary N) is 3. The zero-order chi connectivity index (χ0) is 17.2. The van der Waals surface area contributed by atoms with Crippen LogP contribution < -0.4 is 10.9 Å². The first-order valence-electron chi connectivity index (χ1n) is 9.47. The number of benzene rings is 1. The first kappa shape index (κ1) is 16.8. The van der Waals surface area contributed by atoms with E-state index in [9.17, 15) is 0 Å². The Kier molecular flexibility index (Phi) is 4.88. The molecule has 2 aliphatic heterocycles. The molecule has 2 atom stereocenters. The average Bonchev–Trinajstić information content (AvgIpc) is 3.25. The van der Waals surface area contributed by atoms with E-state index in [1.807, 2.05) is 0 Å². The SMILES string of the molecule is Cc1cccc(C2CNNC2C2CCN(Cc3nc[nH]c3C)CC2)c1. The molecule has 0 radical (unpaired) electrons. The highest BCUT2D eigenvalue weighted by atomic mass is 15.4. The number of imidazole rings is 1. The molecule has 3 N–H and O–H groups in total. The van der Waals surface area contributed by atoms with Gasteiger partial charge in [0.15, 0.2) is 0 Å². The van der Waals surface area contributed by atoms with Gasteiger partial charge in [0.2, 0.25) is 0 Å². The van der Waals surface area contributed by atoms with Crippen molar-refractivity contribution in [3.05, 3.63) is 53.1 Å². The van der Waals surface area contributed by atoms with Crippen molar-refractivity contribution < 1.29 is 0 Å². The second-order valence-electron chi connectivity index (χ2n) is 7.66. The van der Waals surface area contributed by atoms with E-state index in [2.05, 4.69) is 63.8 Å². The molecule has 5 heteroatoms. The van der Waals surface area contributed by atoms with Crippen molar-refractivity contribution in [3.63, 3.8) is 0 Å². The molecule has 0 saturated carbocycles. The van der Waals surface area contributed by atoms with E-state index in [0.29, 0.717) is 12.0 Å². The molecule has 25 heavy (non-hydrogen) atoms. The third-order valence-corrected chi connectivity index (χ3v) is 5.94. The van der Waals surface area contributed by atoms with Gasteiger partial charge in [-0.05, 0) is 51.3 Å². The average molecular weight is 339 g/mol. The van der Waals surface area contributed by atoms with E-state index < -0.39 is 0 Å². The molecule has 1 aromatic heterocycles. The summed E-state index contributed by atoms with van der Waals surface area (Å²) in [5.74, 6) is 1.31. The van der Waals surface area contributed by atoms with Crippen LogP contribution in [0, 0.1) is 19.8 Å². The summed E-state index contributed by atoms with van der Waals surface area (Å²) in [5, 5.41) is 0. The highest BCUT2D eigenvalue weighted by molar-refractivity contribution is 5.28. The van der Waals surface area contributed by atoms with Crippen molar-refractivity contribution in [1.82, 2.24) is 25.7 Å². The van der Waals surface area contributed by atoms with Crippen molar-refractivity contribution in [2.45, 2.75) is 45.2 Å². The zero-order valence-electron chi connectivity index (χ0n) is 15.3. The molecule has 2 aromatic rings. The van der Waals surface area contributed by atoms with Gasteiger partial charge in [0.1, 0.15) is 0 Å². The van der Waals surface area contributed by atoms with Crippen molar-refractivity contribution in [1.29, 1.82) is 0 Å². The van der Waals surface area contributed by atoms with Crippen LogP contribution in [-0.2, 0) is 6.54 Å². The number of hydrogen-bond acceptors (Lipinski definition) is 4. The third kappa shape index (κ3) is 3.64. The van der Waals surface area contributed by atoms with Crippen LogP contribution in [0.4, 0.5) is 0 Å². The maximum Gasteiger partial charge on any atom is 0.0925 e. The number of likely N-dealkylation sites (tertiary alicyclic amines) is 1. The largest absolute Gasteiger partial charge is 0.348 e. The maximum atomic E-state index is 4.45. The van der Waals surface area contributed by atoms with Crippen LogP contribution in [0.3, 0.4) is 0 Å². The molecular weight excluding hydrogens is 310 g/mol. The van der Waals surface area contributed by atoms with E-state index in [1.165, 1.54) is 35.4 Å². The summed E-state index contributed by atoms with van der Waals surface area (Å²) in [6, 6.07) is 9.55. The fourth-order valence-electron chi connectivity index (χ4n) is 4.42. The fourth-order valence-corrected chi connectivity index (χ4v) is 4.42. The van der Waals surface area contributed by atoms with Gasteiger partial charge in [-0.25, -0.2) is 4.98 Å². The second-order valence-corrected chi connectivity index (χ2v) is 7.66. The van der Waals surface area contributed by atoms with Gasteiger partial charge >= 0.3 is 0 Å². The molecule has 2 saturated heterocycles. The van der Waals surface area contributed by atoms with E-state index in [-0.39, 0.29) is 0 Å². The maximum absolute atomic E-state index is 4.45. The van der Waals surface area contributed by atoms with Crippen LogP contribution in [0.1, 0.15) is 41.3 Å². The number of aryl methyl sites for hydroxylation is 2.